The molecule has 1 atom stereocenters. The fraction of sp³-hybridized carbons (Fsp3) is 0.455. The summed E-state index contributed by atoms with van der Waals surface area (Å²) >= 11 is 0. The number of benzene rings is 1. The Morgan fingerprint density at radius 1 is 1.07 bits per heavy atom. The van der Waals surface area contributed by atoms with Gasteiger partial charge >= 0.3 is 0 Å². The summed E-state index contributed by atoms with van der Waals surface area (Å²) in [5.41, 5.74) is 4.90. The predicted octanol–water partition coefficient (Wildman–Crippen LogP) is 2.24. The molecule has 1 aliphatic rings. The molecule has 0 saturated carbocycles. The molecule has 0 unspecified atom stereocenters. The van der Waals surface area contributed by atoms with Gasteiger partial charge in [-0.25, -0.2) is 4.68 Å². The van der Waals surface area contributed by atoms with Crippen molar-refractivity contribution in [2.75, 3.05) is 44.8 Å². The minimum atomic E-state index is -0.0844. The third kappa shape index (κ3) is 4.34. The number of methoxy groups -OCH3 is 1. The maximum absolute atomic E-state index is 5.23. The highest BCUT2D eigenvalue weighted by molar-refractivity contribution is 5.55. The number of hydrogen-bond donors (Lipinski definition) is 0. The zero-order chi connectivity index (χ0) is 20.9. The predicted molar refractivity (Wildman–Crippen MR) is 115 cm³/mol. The lowest BCUT2D eigenvalue weighted by atomic mass is 10.1. The normalized spacial score (nSPS) is 16.0. The van der Waals surface area contributed by atoms with E-state index in [0.29, 0.717) is 13.2 Å². The fourth-order valence-electron chi connectivity index (χ4n) is 4.05. The Bertz CT molecular complexity index is 951. The van der Waals surface area contributed by atoms with Crippen LogP contribution in [0.25, 0.3) is 0 Å². The maximum Gasteiger partial charge on any atom is 0.174 e. The Morgan fingerprint density at radius 3 is 2.63 bits per heavy atom. The van der Waals surface area contributed by atoms with Crippen molar-refractivity contribution in [3.63, 3.8) is 0 Å². The van der Waals surface area contributed by atoms with Crippen LogP contribution in [0.5, 0.6) is 0 Å². The quantitative estimate of drug-likeness (QED) is 0.595. The molecule has 8 heteroatoms. The van der Waals surface area contributed by atoms with Crippen LogP contribution in [0.1, 0.15) is 28.7 Å². The first kappa shape index (κ1) is 20.4. The van der Waals surface area contributed by atoms with Crippen LogP contribution in [0, 0.1) is 13.8 Å². The molecule has 0 amide bonds. The molecule has 1 aromatic carbocycles. The van der Waals surface area contributed by atoms with Gasteiger partial charge in [0.25, 0.3) is 0 Å². The highest BCUT2D eigenvalue weighted by Crippen LogP contribution is 2.29. The summed E-state index contributed by atoms with van der Waals surface area (Å²) in [4.78, 5) is 9.54. The van der Waals surface area contributed by atoms with Crippen LogP contribution in [0.2, 0.25) is 0 Å². The van der Waals surface area contributed by atoms with E-state index in [2.05, 4.69) is 68.4 Å². The molecule has 1 saturated heterocycles. The van der Waals surface area contributed by atoms with Crippen molar-refractivity contribution in [2.24, 2.45) is 0 Å². The lowest BCUT2D eigenvalue weighted by molar-refractivity contribution is 0.171. The third-order valence-electron chi connectivity index (χ3n) is 5.66. The highest BCUT2D eigenvalue weighted by atomic mass is 16.5. The second-order valence-electron chi connectivity index (χ2n) is 7.72. The molecule has 1 fully saturated rings. The van der Waals surface area contributed by atoms with E-state index < -0.39 is 0 Å². The highest BCUT2D eigenvalue weighted by Gasteiger charge is 2.31. The van der Waals surface area contributed by atoms with Crippen molar-refractivity contribution in [1.82, 2.24) is 30.1 Å². The number of pyridine rings is 1. The number of hydrogen-bond acceptors (Lipinski definition) is 7. The van der Waals surface area contributed by atoms with E-state index in [1.54, 1.807) is 7.11 Å². The van der Waals surface area contributed by atoms with E-state index in [-0.39, 0.29) is 6.04 Å². The van der Waals surface area contributed by atoms with E-state index in [4.69, 9.17) is 4.74 Å². The Kier molecular flexibility index (Phi) is 6.35. The molecule has 30 heavy (non-hydrogen) atoms. The molecule has 2 aromatic heterocycles. The van der Waals surface area contributed by atoms with Crippen LogP contribution >= 0.6 is 0 Å². The molecule has 4 rings (SSSR count). The zero-order valence-corrected chi connectivity index (χ0v) is 17.9. The molecule has 0 bridgehead atoms. The monoisotopic (exact) mass is 407 g/mol. The number of rotatable bonds is 7. The molecule has 158 valence electrons. The average molecular weight is 408 g/mol. The molecular weight excluding hydrogens is 378 g/mol. The molecule has 0 radical (unpaired) electrons. The molecule has 1 aliphatic heterocycles. The fourth-order valence-corrected chi connectivity index (χ4v) is 4.05. The van der Waals surface area contributed by atoms with Gasteiger partial charge in [-0.05, 0) is 53.6 Å². The SMILES string of the molecule is COCCn1nnnc1[C@@H](c1ccccn1)N1CCN(c2cc(C)ccc2C)CC1. The molecule has 3 aromatic rings. The van der Waals surface area contributed by atoms with Crippen LogP contribution in [-0.2, 0) is 11.3 Å². The molecular formula is C22H29N7O. The molecule has 0 aliphatic carbocycles. The van der Waals surface area contributed by atoms with Gasteiger partial charge < -0.3 is 9.64 Å². The Labute approximate surface area is 177 Å². The third-order valence-corrected chi connectivity index (χ3v) is 5.66. The van der Waals surface area contributed by atoms with Crippen molar-refractivity contribution in [2.45, 2.75) is 26.4 Å². The van der Waals surface area contributed by atoms with Gasteiger partial charge in [-0.3, -0.25) is 9.88 Å². The number of nitrogens with zero attached hydrogens (tertiary/aromatic N) is 7. The average Bonchev–Trinajstić information content (AvgIpc) is 3.23. The second kappa shape index (κ2) is 9.32. The smallest absolute Gasteiger partial charge is 0.174 e. The maximum atomic E-state index is 5.23. The minimum Gasteiger partial charge on any atom is -0.383 e. The largest absolute Gasteiger partial charge is 0.383 e. The summed E-state index contributed by atoms with van der Waals surface area (Å²) in [6, 6.07) is 12.6. The summed E-state index contributed by atoms with van der Waals surface area (Å²) in [7, 11) is 1.69. The van der Waals surface area contributed by atoms with Crippen LogP contribution in [0.4, 0.5) is 5.69 Å². The summed E-state index contributed by atoms with van der Waals surface area (Å²) < 4.78 is 7.07. The number of aromatic nitrogens is 5. The summed E-state index contributed by atoms with van der Waals surface area (Å²) in [6.45, 7) is 9.23. The van der Waals surface area contributed by atoms with Gasteiger partial charge in [0.05, 0.1) is 18.8 Å². The van der Waals surface area contributed by atoms with Crippen molar-refractivity contribution < 1.29 is 4.74 Å². The van der Waals surface area contributed by atoms with Gasteiger partial charge in [0.15, 0.2) is 5.82 Å². The van der Waals surface area contributed by atoms with Crippen molar-refractivity contribution in [3.8, 4) is 0 Å². The first-order chi connectivity index (χ1) is 14.7. The van der Waals surface area contributed by atoms with Crippen molar-refractivity contribution in [1.29, 1.82) is 0 Å². The first-order valence-corrected chi connectivity index (χ1v) is 10.4. The van der Waals surface area contributed by atoms with E-state index in [9.17, 15) is 0 Å². The van der Waals surface area contributed by atoms with Crippen molar-refractivity contribution >= 4 is 5.69 Å². The van der Waals surface area contributed by atoms with E-state index in [1.165, 1.54) is 16.8 Å². The Hall–Kier alpha value is -2.84. The summed E-state index contributed by atoms with van der Waals surface area (Å²) in [5, 5.41) is 12.5. The first-order valence-electron chi connectivity index (χ1n) is 10.4. The minimum absolute atomic E-state index is 0.0844. The molecule has 3 heterocycles. The second-order valence-corrected chi connectivity index (χ2v) is 7.72. The van der Waals surface area contributed by atoms with Gasteiger partial charge in [-0.2, -0.15) is 0 Å². The van der Waals surface area contributed by atoms with Crippen LogP contribution < -0.4 is 4.90 Å². The van der Waals surface area contributed by atoms with E-state index in [0.717, 1.165) is 37.7 Å². The van der Waals surface area contributed by atoms with Crippen molar-refractivity contribution in [3.05, 3.63) is 65.2 Å². The van der Waals surface area contributed by atoms with E-state index >= 15 is 0 Å². The van der Waals surface area contributed by atoms with Gasteiger partial charge in [0.1, 0.15) is 6.04 Å². The van der Waals surface area contributed by atoms with Crippen LogP contribution in [0.15, 0.2) is 42.6 Å². The van der Waals surface area contributed by atoms with E-state index in [1.807, 2.05) is 23.0 Å². The lowest BCUT2D eigenvalue weighted by Crippen LogP contribution is -2.48. The number of aryl methyl sites for hydroxylation is 2. The van der Waals surface area contributed by atoms with Gasteiger partial charge in [0, 0.05) is 45.2 Å². The number of tetrazole rings is 1. The number of piperazine rings is 1. The topological polar surface area (TPSA) is 72.2 Å². The van der Waals surface area contributed by atoms with Gasteiger partial charge in [0.2, 0.25) is 0 Å². The number of ether oxygens (including phenoxy) is 1. The van der Waals surface area contributed by atoms with Crippen LogP contribution in [0.3, 0.4) is 0 Å². The molecule has 8 nitrogen and oxygen atoms in total. The van der Waals surface area contributed by atoms with Gasteiger partial charge in [-0.1, -0.05) is 18.2 Å². The Balaban J connectivity index is 1.57. The summed E-state index contributed by atoms with van der Waals surface area (Å²) in [5.74, 6) is 0.811. The summed E-state index contributed by atoms with van der Waals surface area (Å²) in [6.07, 6.45) is 1.83. The lowest BCUT2D eigenvalue weighted by Gasteiger charge is -2.40. The Morgan fingerprint density at radius 2 is 1.90 bits per heavy atom. The molecule has 0 N–H and O–H groups in total. The van der Waals surface area contributed by atoms with Crippen LogP contribution in [-0.4, -0.2) is 70.0 Å². The van der Waals surface area contributed by atoms with Gasteiger partial charge in [-0.15, -0.1) is 5.10 Å². The number of anilines is 1. The standard InChI is InChI=1S/C22H29N7O/c1-17-7-8-18(2)20(16-17)27-10-12-28(13-11-27)21(19-6-4-5-9-23-19)22-24-25-26-29(22)14-15-30-3/h4-9,16,21H,10-15H2,1-3H3/t21-/m1/s1. The zero-order valence-electron chi connectivity index (χ0n) is 17.9. The molecule has 0 spiro atoms.